The van der Waals surface area contributed by atoms with Gasteiger partial charge in [-0.25, -0.2) is 4.79 Å². The van der Waals surface area contributed by atoms with Gasteiger partial charge in [-0.1, -0.05) is 30.3 Å². The van der Waals surface area contributed by atoms with Crippen molar-refractivity contribution >= 4 is 17.5 Å². The second-order valence-corrected chi connectivity index (χ2v) is 5.98. The molecule has 3 aromatic rings. The third-order valence-corrected chi connectivity index (χ3v) is 3.92. The summed E-state index contributed by atoms with van der Waals surface area (Å²) in [5.41, 5.74) is 1.44. The first kappa shape index (κ1) is 18.5. The molecule has 0 saturated carbocycles. The van der Waals surface area contributed by atoms with Crippen molar-refractivity contribution < 1.29 is 18.0 Å². The third-order valence-electron chi connectivity index (χ3n) is 3.92. The molecule has 3 rings (SSSR count). The summed E-state index contributed by atoms with van der Waals surface area (Å²) in [5, 5.41) is 9.13. The van der Waals surface area contributed by atoms with Gasteiger partial charge in [0, 0.05) is 18.0 Å². The summed E-state index contributed by atoms with van der Waals surface area (Å²) in [7, 11) is 0. The maximum Gasteiger partial charge on any atom is 0.416 e. The maximum absolute atomic E-state index is 12.7. The van der Waals surface area contributed by atoms with Crippen molar-refractivity contribution in [2.24, 2.45) is 0 Å². The zero-order chi connectivity index (χ0) is 19.4. The molecule has 0 fully saturated rings. The number of halogens is 3. The summed E-state index contributed by atoms with van der Waals surface area (Å²) in [6.45, 7) is 2.55. The van der Waals surface area contributed by atoms with E-state index < -0.39 is 17.8 Å². The van der Waals surface area contributed by atoms with E-state index in [9.17, 15) is 18.0 Å². The van der Waals surface area contributed by atoms with Gasteiger partial charge in [0.15, 0.2) is 5.82 Å². The molecule has 0 unspecified atom stereocenters. The van der Waals surface area contributed by atoms with Gasteiger partial charge in [-0.3, -0.25) is 10.00 Å². The van der Waals surface area contributed by atoms with Gasteiger partial charge in [0.25, 0.3) is 0 Å². The first-order valence-electron chi connectivity index (χ1n) is 8.14. The van der Waals surface area contributed by atoms with Gasteiger partial charge in [-0.05, 0) is 36.2 Å². The van der Waals surface area contributed by atoms with Gasteiger partial charge in [0.05, 0.1) is 12.1 Å². The smallest absolute Gasteiger partial charge is 0.308 e. The third kappa shape index (κ3) is 4.87. The summed E-state index contributed by atoms with van der Waals surface area (Å²) in [6, 6.07) is 13.2. The summed E-state index contributed by atoms with van der Waals surface area (Å²) in [4.78, 5) is 12.0. The van der Waals surface area contributed by atoms with E-state index in [0.717, 1.165) is 23.3 Å². The molecule has 0 radical (unpaired) electrons. The molecular weight excluding hydrogens is 357 g/mol. The molecule has 27 heavy (non-hydrogen) atoms. The van der Waals surface area contributed by atoms with Gasteiger partial charge in [-0.2, -0.15) is 18.3 Å². The number of alkyl halides is 3. The lowest BCUT2D eigenvalue weighted by molar-refractivity contribution is -0.137. The van der Waals surface area contributed by atoms with Gasteiger partial charge in [0.2, 0.25) is 0 Å². The predicted molar refractivity (Wildman–Crippen MR) is 96.6 cm³/mol. The standard InChI is InChI=1S/C19H17F3N4O/c1-13-5-2-3-6-14(13)12-26-10-9-17(25-26)24-18(27)23-16-8-4-7-15(11-16)19(20,21)22/h2-11H,12H2,1H3,(H2,23,24,25,27). The van der Waals surface area contributed by atoms with Crippen LogP contribution in [0.2, 0.25) is 0 Å². The van der Waals surface area contributed by atoms with Crippen LogP contribution in [-0.4, -0.2) is 15.8 Å². The molecule has 0 spiro atoms. The largest absolute Gasteiger partial charge is 0.416 e. The van der Waals surface area contributed by atoms with E-state index in [1.54, 1.807) is 16.9 Å². The molecule has 0 aliphatic rings. The lowest BCUT2D eigenvalue weighted by Gasteiger charge is -2.10. The highest BCUT2D eigenvalue weighted by molar-refractivity contribution is 5.99. The lowest BCUT2D eigenvalue weighted by Crippen LogP contribution is -2.20. The average molecular weight is 374 g/mol. The maximum atomic E-state index is 12.7. The number of anilines is 2. The van der Waals surface area contributed by atoms with Crippen molar-refractivity contribution in [2.75, 3.05) is 10.6 Å². The van der Waals surface area contributed by atoms with E-state index in [2.05, 4.69) is 15.7 Å². The number of amides is 2. The Morgan fingerprint density at radius 2 is 1.85 bits per heavy atom. The van der Waals surface area contributed by atoms with Crippen LogP contribution < -0.4 is 10.6 Å². The minimum absolute atomic E-state index is 0.0432. The molecule has 5 nitrogen and oxygen atoms in total. The minimum Gasteiger partial charge on any atom is -0.308 e. The molecule has 2 aromatic carbocycles. The first-order valence-corrected chi connectivity index (χ1v) is 8.14. The Kier molecular flexibility index (Phi) is 5.16. The van der Waals surface area contributed by atoms with Crippen LogP contribution in [-0.2, 0) is 12.7 Å². The summed E-state index contributed by atoms with van der Waals surface area (Å²) < 4.78 is 39.8. The molecule has 0 bridgehead atoms. The average Bonchev–Trinajstić information content (AvgIpc) is 3.03. The SMILES string of the molecule is Cc1ccccc1Cn1ccc(NC(=O)Nc2cccc(C(F)(F)F)c2)n1. The molecular formula is C19H17F3N4O. The van der Waals surface area contributed by atoms with E-state index in [0.29, 0.717) is 12.4 Å². The Morgan fingerprint density at radius 1 is 1.07 bits per heavy atom. The van der Waals surface area contributed by atoms with Gasteiger partial charge in [-0.15, -0.1) is 0 Å². The van der Waals surface area contributed by atoms with Crippen LogP contribution in [0.1, 0.15) is 16.7 Å². The number of carbonyl (C=O) groups is 1. The van der Waals surface area contributed by atoms with Crippen molar-refractivity contribution in [1.29, 1.82) is 0 Å². The van der Waals surface area contributed by atoms with E-state index in [4.69, 9.17) is 0 Å². The molecule has 0 aliphatic carbocycles. The van der Waals surface area contributed by atoms with Crippen molar-refractivity contribution in [2.45, 2.75) is 19.6 Å². The Balaban J connectivity index is 1.62. The van der Waals surface area contributed by atoms with Crippen LogP contribution in [0.3, 0.4) is 0 Å². The predicted octanol–water partition coefficient (Wildman–Crippen LogP) is 4.90. The molecule has 1 heterocycles. The molecule has 140 valence electrons. The fourth-order valence-electron chi connectivity index (χ4n) is 2.53. The lowest BCUT2D eigenvalue weighted by atomic mass is 10.1. The number of hydrogen-bond donors (Lipinski definition) is 2. The number of aryl methyl sites for hydroxylation is 1. The number of nitrogens with one attached hydrogen (secondary N) is 2. The van der Waals surface area contributed by atoms with Crippen molar-refractivity contribution in [3.63, 3.8) is 0 Å². The van der Waals surface area contributed by atoms with Crippen molar-refractivity contribution in [3.8, 4) is 0 Å². The Hall–Kier alpha value is -3.29. The minimum atomic E-state index is -4.47. The topological polar surface area (TPSA) is 59.0 Å². The molecule has 0 aliphatic heterocycles. The molecule has 1 aromatic heterocycles. The van der Waals surface area contributed by atoms with Crippen molar-refractivity contribution in [3.05, 3.63) is 77.5 Å². The second-order valence-electron chi connectivity index (χ2n) is 5.98. The molecule has 0 saturated heterocycles. The number of carbonyl (C=O) groups excluding carboxylic acids is 1. The zero-order valence-electron chi connectivity index (χ0n) is 14.4. The molecule has 8 heteroatoms. The Morgan fingerprint density at radius 3 is 2.59 bits per heavy atom. The first-order chi connectivity index (χ1) is 12.8. The number of nitrogens with zero attached hydrogens (tertiary/aromatic N) is 2. The summed E-state index contributed by atoms with van der Waals surface area (Å²) >= 11 is 0. The Bertz CT molecular complexity index is 950. The number of hydrogen-bond acceptors (Lipinski definition) is 2. The molecule has 2 N–H and O–H groups in total. The quantitative estimate of drug-likeness (QED) is 0.682. The normalized spacial score (nSPS) is 11.3. The van der Waals surface area contributed by atoms with Gasteiger partial charge in [0.1, 0.15) is 0 Å². The number of benzene rings is 2. The zero-order valence-corrected chi connectivity index (χ0v) is 14.4. The van der Waals surface area contributed by atoms with Crippen LogP contribution in [0.4, 0.5) is 29.5 Å². The number of aromatic nitrogens is 2. The van der Waals surface area contributed by atoms with E-state index in [1.807, 2.05) is 31.2 Å². The molecule has 0 atom stereocenters. The highest BCUT2D eigenvalue weighted by atomic mass is 19.4. The number of rotatable bonds is 4. The van der Waals surface area contributed by atoms with E-state index >= 15 is 0 Å². The van der Waals surface area contributed by atoms with Gasteiger partial charge < -0.3 is 5.32 Å². The van der Waals surface area contributed by atoms with Crippen LogP contribution in [0.25, 0.3) is 0 Å². The fourth-order valence-corrected chi connectivity index (χ4v) is 2.53. The van der Waals surface area contributed by atoms with Crippen molar-refractivity contribution in [1.82, 2.24) is 9.78 Å². The highest BCUT2D eigenvalue weighted by Crippen LogP contribution is 2.30. The second kappa shape index (κ2) is 7.53. The Labute approximate surface area is 153 Å². The highest BCUT2D eigenvalue weighted by Gasteiger charge is 2.30. The van der Waals surface area contributed by atoms with Crippen LogP contribution in [0.15, 0.2) is 60.8 Å². The molecule has 2 amide bonds. The van der Waals surface area contributed by atoms with Crippen LogP contribution in [0.5, 0.6) is 0 Å². The summed E-state index contributed by atoms with van der Waals surface area (Å²) in [5.74, 6) is 0.299. The van der Waals surface area contributed by atoms with E-state index in [1.165, 1.54) is 12.1 Å². The monoisotopic (exact) mass is 374 g/mol. The number of urea groups is 1. The fraction of sp³-hybridized carbons (Fsp3) is 0.158. The van der Waals surface area contributed by atoms with Crippen LogP contribution >= 0.6 is 0 Å². The van der Waals surface area contributed by atoms with Gasteiger partial charge >= 0.3 is 12.2 Å². The van der Waals surface area contributed by atoms with E-state index in [-0.39, 0.29) is 5.69 Å². The van der Waals surface area contributed by atoms with Crippen LogP contribution in [0, 0.1) is 6.92 Å². The summed E-state index contributed by atoms with van der Waals surface area (Å²) in [6.07, 6.45) is -2.76.